The van der Waals surface area contributed by atoms with E-state index < -0.39 is 16.2 Å². The summed E-state index contributed by atoms with van der Waals surface area (Å²) in [4.78, 5) is 8.76. The molecule has 0 aliphatic carbocycles. The minimum Gasteiger partial charge on any atom is -0.267 e. The van der Waals surface area contributed by atoms with Gasteiger partial charge in [0.1, 0.15) is 12.7 Å². The zero-order chi connectivity index (χ0) is 8.32. The lowest BCUT2D eigenvalue weighted by atomic mass is 10.4. The fraction of sp³-hybridized carbons (Fsp3) is 1.00. The maximum Gasteiger partial charge on any atom is 0.264 e. The molecule has 0 aromatic heterocycles. The summed E-state index contributed by atoms with van der Waals surface area (Å²) in [6, 6.07) is 0. The van der Waals surface area contributed by atoms with Gasteiger partial charge in [-0.2, -0.15) is 13.3 Å². The first-order chi connectivity index (χ1) is 5.08. The summed E-state index contributed by atoms with van der Waals surface area (Å²) in [6.45, 7) is 0.0916. The molecular weight excluding hydrogens is 176 g/mol. The summed E-state index contributed by atoms with van der Waals surface area (Å²) in [6.07, 6.45) is 0.494. The number of rotatable bonds is 3. The Balaban J connectivity index is 2.22. The monoisotopic (exact) mass is 184 g/mol. The van der Waals surface area contributed by atoms with Gasteiger partial charge in [0, 0.05) is 0 Å². The third-order valence-corrected chi connectivity index (χ3v) is 1.51. The summed E-state index contributed by atoms with van der Waals surface area (Å²) in [5.41, 5.74) is 0. The van der Waals surface area contributed by atoms with Crippen LogP contribution in [0.15, 0.2) is 0 Å². The van der Waals surface area contributed by atoms with Crippen LogP contribution >= 0.6 is 0 Å². The van der Waals surface area contributed by atoms with Crippen molar-refractivity contribution in [3.05, 3.63) is 0 Å². The molecule has 0 bridgehead atoms. The van der Waals surface area contributed by atoms with Crippen LogP contribution in [0.5, 0.6) is 0 Å². The zero-order valence-corrected chi connectivity index (χ0v) is 6.67. The van der Waals surface area contributed by atoms with Crippen LogP contribution in [-0.4, -0.2) is 34.0 Å². The molecule has 0 amide bonds. The first kappa shape index (κ1) is 8.88. The molecule has 66 valence electrons. The average Bonchev–Trinajstić information content (AvgIpc) is 2.32. The Hall–Kier alpha value is -0.210. The van der Waals surface area contributed by atoms with E-state index in [1.54, 1.807) is 0 Å². The molecule has 1 aliphatic rings. The zero-order valence-electron chi connectivity index (χ0n) is 5.85. The van der Waals surface area contributed by atoms with Gasteiger partial charge in [-0.15, -0.1) is 0 Å². The number of hydrogen-bond acceptors (Lipinski definition) is 6. The minimum absolute atomic E-state index is 0.0845. The Morgan fingerprint density at radius 2 is 2.36 bits per heavy atom. The molecule has 1 unspecified atom stereocenters. The molecule has 7 heteroatoms. The van der Waals surface area contributed by atoms with Crippen LogP contribution in [0.25, 0.3) is 0 Å². The molecule has 0 aromatic carbocycles. The Bertz CT molecular complexity index is 203. The minimum atomic E-state index is -3.40. The second-order valence-electron chi connectivity index (χ2n) is 2.06. The van der Waals surface area contributed by atoms with Gasteiger partial charge in [-0.05, 0) is 0 Å². The molecule has 1 heterocycles. The Labute approximate surface area is 64.0 Å². The maximum atomic E-state index is 10.4. The fourth-order valence-electron chi connectivity index (χ4n) is 0.490. The second kappa shape index (κ2) is 3.46. The molecule has 11 heavy (non-hydrogen) atoms. The van der Waals surface area contributed by atoms with Crippen LogP contribution in [0.3, 0.4) is 0 Å². The van der Waals surface area contributed by atoms with E-state index in [9.17, 15) is 8.42 Å². The van der Waals surface area contributed by atoms with E-state index in [-0.39, 0.29) is 13.2 Å². The SMILES string of the molecule is CS(=O)(=O)OCC1COOO1. The van der Waals surface area contributed by atoms with Gasteiger partial charge in [0.25, 0.3) is 10.1 Å². The van der Waals surface area contributed by atoms with E-state index in [1.165, 1.54) is 0 Å². The van der Waals surface area contributed by atoms with Gasteiger partial charge < -0.3 is 0 Å². The first-order valence-corrected chi connectivity index (χ1v) is 4.69. The van der Waals surface area contributed by atoms with Crippen molar-refractivity contribution in [3.8, 4) is 0 Å². The molecule has 1 atom stereocenters. The molecule has 1 aliphatic heterocycles. The molecule has 0 N–H and O–H groups in total. The molecule has 1 saturated heterocycles. The van der Waals surface area contributed by atoms with Crippen LogP contribution in [0, 0.1) is 0 Å². The van der Waals surface area contributed by atoms with Crippen molar-refractivity contribution >= 4 is 10.1 Å². The van der Waals surface area contributed by atoms with Crippen molar-refractivity contribution in [2.24, 2.45) is 0 Å². The van der Waals surface area contributed by atoms with Gasteiger partial charge in [0.15, 0.2) is 0 Å². The highest BCUT2D eigenvalue weighted by Gasteiger charge is 2.20. The topological polar surface area (TPSA) is 71.1 Å². The van der Waals surface area contributed by atoms with Crippen molar-refractivity contribution in [3.63, 3.8) is 0 Å². The highest BCUT2D eigenvalue weighted by molar-refractivity contribution is 7.85. The molecule has 0 spiro atoms. The van der Waals surface area contributed by atoms with E-state index in [0.29, 0.717) is 0 Å². The predicted octanol–water partition coefficient (Wildman–Crippen LogP) is -0.775. The van der Waals surface area contributed by atoms with Crippen LogP contribution in [0.2, 0.25) is 0 Å². The lowest BCUT2D eigenvalue weighted by Gasteiger charge is -2.02. The van der Waals surface area contributed by atoms with Crippen molar-refractivity contribution in [2.75, 3.05) is 19.5 Å². The summed E-state index contributed by atoms with van der Waals surface area (Å²) in [5, 5.41) is 4.05. The van der Waals surface area contributed by atoms with Crippen molar-refractivity contribution in [2.45, 2.75) is 6.10 Å². The smallest absolute Gasteiger partial charge is 0.264 e. The lowest BCUT2D eigenvalue weighted by Crippen LogP contribution is -2.19. The van der Waals surface area contributed by atoms with Crippen molar-refractivity contribution < 1.29 is 27.4 Å². The standard InChI is InChI=1S/C4H8O6S/c1-11(5,6)8-3-4-2-7-10-9-4/h4H,2-3H2,1H3. The first-order valence-electron chi connectivity index (χ1n) is 2.87. The third-order valence-electron chi connectivity index (χ3n) is 0.945. The Morgan fingerprint density at radius 3 is 2.82 bits per heavy atom. The Kier molecular flexibility index (Phi) is 2.79. The average molecular weight is 184 g/mol. The van der Waals surface area contributed by atoms with Gasteiger partial charge >= 0.3 is 0 Å². The summed E-state index contributed by atoms with van der Waals surface area (Å²) < 4.78 is 25.3. The highest BCUT2D eigenvalue weighted by Crippen LogP contribution is 2.05. The summed E-state index contributed by atoms with van der Waals surface area (Å²) in [5.74, 6) is 0. The van der Waals surface area contributed by atoms with Crippen molar-refractivity contribution in [1.29, 1.82) is 0 Å². The molecule has 0 aromatic rings. The number of hydrogen-bond donors (Lipinski definition) is 0. The van der Waals surface area contributed by atoms with Crippen LogP contribution in [-0.2, 0) is 29.1 Å². The second-order valence-corrected chi connectivity index (χ2v) is 3.70. The van der Waals surface area contributed by atoms with Crippen LogP contribution < -0.4 is 0 Å². The fourth-order valence-corrected chi connectivity index (χ4v) is 0.889. The van der Waals surface area contributed by atoms with Crippen molar-refractivity contribution in [1.82, 2.24) is 0 Å². The predicted molar refractivity (Wildman–Crippen MR) is 32.7 cm³/mol. The molecule has 1 rings (SSSR count). The van der Waals surface area contributed by atoms with Gasteiger partial charge in [-0.1, -0.05) is 5.04 Å². The molecular formula is C4H8O6S. The maximum absolute atomic E-state index is 10.4. The largest absolute Gasteiger partial charge is 0.267 e. The van der Waals surface area contributed by atoms with E-state index in [1.807, 2.05) is 0 Å². The lowest BCUT2D eigenvalue weighted by molar-refractivity contribution is -0.460. The quantitative estimate of drug-likeness (QED) is 0.423. The van der Waals surface area contributed by atoms with Gasteiger partial charge in [-0.3, -0.25) is 4.18 Å². The van der Waals surface area contributed by atoms with Gasteiger partial charge in [0.05, 0.1) is 12.9 Å². The third kappa shape index (κ3) is 3.63. The summed E-state index contributed by atoms with van der Waals surface area (Å²) in [7, 11) is -3.40. The molecule has 0 radical (unpaired) electrons. The van der Waals surface area contributed by atoms with E-state index >= 15 is 0 Å². The normalized spacial score (nSPS) is 25.7. The molecule has 6 nitrogen and oxygen atoms in total. The molecule has 0 saturated carbocycles. The van der Waals surface area contributed by atoms with Crippen LogP contribution in [0.1, 0.15) is 0 Å². The van der Waals surface area contributed by atoms with E-state index in [4.69, 9.17) is 0 Å². The van der Waals surface area contributed by atoms with Gasteiger partial charge in [-0.25, -0.2) is 4.89 Å². The molecule has 1 fully saturated rings. The van der Waals surface area contributed by atoms with Crippen LogP contribution in [0.4, 0.5) is 0 Å². The highest BCUT2D eigenvalue weighted by atomic mass is 32.2. The van der Waals surface area contributed by atoms with Gasteiger partial charge in [0.2, 0.25) is 0 Å². The van der Waals surface area contributed by atoms with E-state index in [0.717, 1.165) is 6.26 Å². The summed E-state index contributed by atoms with van der Waals surface area (Å²) >= 11 is 0. The van der Waals surface area contributed by atoms with E-state index in [2.05, 4.69) is 19.0 Å². The Morgan fingerprint density at radius 1 is 1.64 bits per heavy atom.